The molecule has 0 bridgehead atoms. The summed E-state index contributed by atoms with van der Waals surface area (Å²) in [5.74, 6) is -1.51. The molecule has 0 aliphatic rings. The van der Waals surface area contributed by atoms with Gasteiger partial charge in [0.25, 0.3) is 0 Å². The summed E-state index contributed by atoms with van der Waals surface area (Å²) in [5, 5.41) is 14.6. The van der Waals surface area contributed by atoms with E-state index in [1.165, 1.54) is 12.1 Å². The molecule has 7 heteroatoms. The highest BCUT2D eigenvalue weighted by atomic mass is 32.2. The molecule has 0 aromatic heterocycles. The summed E-state index contributed by atoms with van der Waals surface area (Å²) in [5.41, 5.74) is -0.988. The van der Waals surface area contributed by atoms with Gasteiger partial charge in [0, 0.05) is 0 Å². The highest BCUT2D eigenvalue weighted by Crippen LogP contribution is 2.27. The van der Waals surface area contributed by atoms with E-state index in [0.717, 1.165) is 6.07 Å². The van der Waals surface area contributed by atoms with Gasteiger partial charge in [0.05, 0.1) is 0 Å². The molecule has 0 aliphatic carbocycles. The van der Waals surface area contributed by atoms with Gasteiger partial charge < -0.3 is 9.84 Å². The fraction of sp³-hybridized carbons (Fsp3) is 0.364. The van der Waals surface area contributed by atoms with Crippen LogP contribution in [0.25, 0.3) is 0 Å². The van der Waals surface area contributed by atoms with Gasteiger partial charge in [0.15, 0.2) is 0 Å². The monoisotopic (exact) mass is 273 g/mol. The number of phenols is 1. The van der Waals surface area contributed by atoms with Crippen LogP contribution in [-0.2, 0) is 14.8 Å². The van der Waals surface area contributed by atoms with Gasteiger partial charge in [-0.1, -0.05) is 6.07 Å². The molecule has 0 aliphatic heterocycles. The molecule has 0 unspecified atom stereocenters. The molecular weight excluding hydrogens is 258 g/mol. The average Bonchev–Trinajstić information content (AvgIpc) is 2.12. The quantitative estimate of drug-likeness (QED) is 0.781. The molecule has 0 atom stereocenters. The number of rotatable bonds is 2. The fourth-order valence-electron chi connectivity index (χ4n) is 1.25. The van der Waals surface area contributed by atoms with Gasteiger partial charge in [0.1, 0.15) is 21.8 Å². The number of primary sulfonamides is 1. The Labute approximate surface area is 105 Å². The first-order valence-corrected chi connectivity index (χ1v) is 6.65. The summed E-state index contributed by atoms with van der Waals surface area (Å²) in [6.07, 6.45) is 0. The van der Waals surface area contributed by atoms with Crippen molar-refractivity contribution in [3.63, 3.8) is 0 Å². The minimum atomic E-state index is -4.09. The molecule has 0 saturated heterocycles. The predicted molar refractivity (Wildman–Crippen MR) is 64.6 cm³/mol. The maximum Gasteiger partial charge on any atom is 0.342 e. The first kappa shape index (κ1) is 14.5. The third-order valence-electron chi connectivity index (χ3n) is 1.92. The van der Waals surface area contributed by atoms with Crippen LogP contribution < -0.4 is 5.14 Å². The van der Waals surface area contributed by atoms with Crippen LogP contribution in [0.15, 0.2) is 23.1 Å². The van der Waals surface area contributed by atoms with Crippen molar-refractivity contribution in [3.8, 4) is 5.75 Å². The SMILES string of the molecule is CC(C)(C)OC(=O)c1cccc(S(N)(=O)=O)c1O. The minimum absolute atomic E-state index is 0.239. The molecule has 0 radical (unpaired) electrons. The standard InChI is InChI=1S/C11H15NO5S/c1-11(2,3)17-10(14)7-5-4-6-8(9(7)13)18(12,15)16/h4-6,13H,1-3H3,(H2,12,15,16). The molecule has 0 spiro atoms. The van der Waals surface area contributed by atoms with Crippen LogP contribution in [-0.4, -0.2) is 25.1 Å². The molecule has 1 rings (SSSR count). The molecule has 0 heterocycles. The van der Waals surface area contributed by atoms with Crippen LogP contribution >= 0.6 is 0 Å². The van der Waals surface area contributed by atoms with Gasteiger partial charge in [0.2, 0.25) is 10.0 Å². The second-order valence-corrected chi connectivity index (χ2v) is 6.23. The van der Waals surface area contributed by atoms with Crippen LogP contribution in [0.2, 0.25) is 0 Å². The third-order valence-corrected chi connectivity index (χ3v) is 2.87. The van der Waals surface area contributed by atoms with Crippen molar-refractivity contribution in [2.24, 2.45) is 5.14 Å². The van der Waals surface area contributed by atoms with Gasteiger partial charge in [-0.2, -0.15) is 0 Å². The van der Waals surface area contributed by atoms with E-state index >= 15 is 0 Å². The summed E-state index contributed by atoms with van der Waals surface area (Å²) in [6.45, 7) is 4.97. The number of carbonyl (C=O) groups is 1. The topological polar surface area (TPSA) is 107 Å². The highest BCUT2D eigenvalue weighted by Gasteiger charge is 2.24. The number of ether oxygens (including phenoxy) is 1. The van der Waals surface area contributed by atoms with Crippen molar-refractivity contribution >= 4 is 16.0 Å². The second-order valence-electron chi connectivity index (χ2n) is 4.70. The van der Waals surface area contributed by atoms with Crippen molar-refractivity contribution in [1.82, 2.24) is 0 Å². The maximum atomic E-state index is 11.7. The van der Waals surface area contributed by atoms with E-state index in [1.807, 2.05) is 0 Å². The van der Waals surface area contributed by atoms with Crippen LogP contribution in [0, 0.1) is 0 Å². The largest absolute Gasteiger partial charge is 0.506 e. The summed E-state index contributed by atoms with van der Waals surface area (Å²) in [6, 6.07) is 3.68. The number of esters is 1. The zero-order valence-electron chi connectivity index (χ0n) is 10.3. The Kier molecular flexibility index (Phi) is 3.68. The number of para-hydroxylation sites is 1. The normalized spacial score (nSPS) is 12.2. The summed E-state index contributed by atoms with van der Waals surface area (Å²) < 4.78 is 27.4. The predicted octanol–water partition coefficient (Wildman–Crippen LogP) is 0.995. The van der Waals surface area contributed by atoms with Crippen molar-refractivity contribution < 1.29 is 23.1 Å². The van der Waals surface area contributed by atoms with E-state index in [0.29, 0.717) is 0 Å². The second kappa shape index (κ2) is 4.58. The number of hydrogen-bond acceptors (Lipinski definition) is 5. The van der Waals surface area contributed by atoms with Gasteiger partial charge in [-0.3, -0.25) is 0 Å². The Morgan fingerprint density at radius 2 is 1.89 bits per heavy atom. The number of sulfonamides is 1. The lowest BCUT2D eigenvalue weighted by atomic mass is 10.1. The lowest BCUT2D eigenvalue weighted by Crippen LogP contribution is -2.24. The molecule has 1 aromatic rings. The van der Waals surface area contributed by atoms with Crippen molar-refractivity contribution in [3.05, 3.63) is 23.8 Å². The first-order valence-electron chi connectivity index (χ1n) is 5.10. The average molecular weight is 273 g/mol. The van der Waals surface area contributed by atoms with Crippen LogP contribution in [0.5, 0.6) is 5.75 Å². The fourth-order valence-corrected chi connectivity index (χ4v) is 1.90. The molecule has 18 heavy (non-hydrogen) atoms. The molecule has 0 fully saturated rings. The van der Waals surface area contributed by atoms with Gasteiger partial charge >= 0.3 is 5.97 Å². The lowest BCUT2D eigenvalue weighted by Gasteiger charge is -2.20. The Morgan fingerprint density at radius 3 is 2.33 bits per heavy atom. The summed E-state index contributed by atoms with van der Waals surface area (Å²) in [4.78, 5) is 11.2. The molecule has 1 aromatic carbocycles. The third kappa shape index (κ3) is 3.44. The molecule has 6 nitrogen and oxygen atoms in total. The first-order chi connectivity index (χ1) is 8.02. The van der Waals surface area contributed by atoms with E-state index in [-0.39, 0.29) is 5.56 Å². The van der Waals surface area contributed by atoms with Crippen LogP contribution in [0.3, 0.4) is 0 Å². The Morgan fingerprint density at radius 1 is 1.33 bits per heavy atom. The van der Waals surface area contributed by atoms with E-state index < -0.39 is 32.2 Å². The summed E-state index contributed by atoms with van der Waals surface area (Å²) in [7, 11) is -4.09. The van der Waals surface area contributed by atoms with Gasteiger partial charge in [-0.25, -0.2) is 18.4 Å². The zero-order chi connectivity index (χ0) is 14.1. The van der Waals surface area contributed by atoms with E-state index in [4.69, 9.17) is 9.88 Å². The highest BCUT2D eigenvalue weighted by molar-refractivity contribution is 7.89. The van der Waals surface area contributed by atoms with Crippen LogP contribution in [0.4, 0.5) is 0 Å². The Bertz CT molecular complexity index is 572. The Hall–Kier alpha value is -1.60. The molecule has 0 saturated carbocycles. The van der Waals surface area contributed by atoms with Crippen LogP contribution in [0.1, 0.15) is 31.1 Å². The molecule has 3 N–H and O–H groups in total. The number of nitrogens with two attached hydrogens (primary N) is 1. The number of aromatic hydroxyl groups is 1. The van der Waals surface area contributed by atoms with Gasteiger partial charge in [-0.15, -0.1) is 0 Å². The zero-order valence-corrected chi connectivity index (χ0v) is 11.1. The minimum Gasteiger partial charge on any atom is -0.506 e. The number of carbonyl (C=O) groups excluding carboxylic acids is 1. The van der Waals surface area contributed by atoms with Crippen molar-refractivity contribution in [2.45, 2.75) is 31.3 Å². The smallest absolute Gasteiger partial charge is 0.342 e. The lowest BCUT2D eigenvalue weighted by molar-refractivity contribution is 0.00664. The van der Waals surface area contributed by atoms with Gasteiger partial charge in [-0.05, 0) is 32.9 Å². The molecular formula is C11H15NO5S. The van der Waals surface area contributed by atoms with E-state index in [9.17, 15) is 18.3 Å². The number of hydrogen-bond donors (Lipinski definition) is 2. The van der Waals surface area contributed by atoms with E-state index in [2.05, 4.69) is 0 Å². The molecule has 100 valence electrons. The van der Waals surface area contributed by atoms with Crippen molar-refractivity contribution in [1.29, 1.82) is 0 Å². The number of benzene rings is 1. The maximum absolute atomic E-state index is 11.7. The van der Waals surface area contributed by atoms with Crippen molar-refractivity contribution in [2.75, 3.05) is 0 Å². The summed E-state index contributed by atoms with van der Waals surface area (Å²) >= 11 is 0. The van der Waals surface area contributed by atoms with E-state index in [1.54, 1.807) is 20.8 Å². The molecule has 0 amide bonds. The number of phenolic OH excluding ortho intramolecular Hbond substituents is 1. The Balaban J connectivity index is 3.25.